The van der Waals surface area contributed by atoms with Crippen molar-refractivity contribution in [3.8, 4) is 5.75 Å². The topological polar surface area (TPSA) is 67.4 Å². The van der Waals surface area contributed by atoms with E-state index in [0.717, 1.165) is 5.75 Å². The average Bonchev–Trinajstić information content (AvgIpc) is 2.71. The maximum absolute atomic E-state index is 12.5. The third-order valence-electron chi connectivity index (χ3n) is 3.93. The smallest absolute Gasteiger partial charge is 0.255 e. The van der Waals surface area contributed by atoms with E-state index in [1.807, 2.05) is 6.92 Å². The molecule has 28 heavy (non-hydrogen) atoms. The van der Waals surface area contributed by atoms with Gasteiger partial charge in [0.1, 0.15) is 5.75 Å². The Morgan fingerprint density at radius 1 is 0.857 bits per heavy atom. The molecule has 0 aliphatic carbocycles. The van der Waals surface area contributed by atoms with Gasteiger partial charge in [-0.1, -0.05) is 29.8 Å². The van der Waals surface area contributed by atoms with E-state index in [0.29, 0.717) is 34.1 Å². The lowest BCUT2D eigenvalue weighted by atomic mass is 10.1. The summed E-state index contributed by atoms with van der Waals surface area (Å²) in [5.74, 6) is 0.0825. The van der Waals surface area contributed by atoms with Gasteiger partial charge in [0, 0.05) is 16.8 Å². The molecular weight excluding hydrogens is 376 g/mol. The fraction of sp³-hybridized carbons (Fsp3) is 0.0909. The number of ether oxygens (including phenoxy) is 1. The number of nitrogens with one attached hydrogen (secondary N) is 2. The van der Waals surface area contributed by atoms with Crippen LogP contribution >= 0.6 is 11.6 Å². The molecule has 142 valence electrons. The molecule has 0 fully saturated rings. The zero-order chi connectivity index (χ0) is 19.9. The minimum absolute atomic E-state index is 0.309. The van der Waals surface area contributed by atoms with Crippen molar-refractivity contribution < 1.29 is 14.3 Å². The molecule has 0 aliphatic heterocycles. The predicted molar refractivity (Wildman–Crippen MR) is 111 cm³/mol. The van der Waals surface area contributed by atoms with Crippen LogP contribution in [0.3, 0.4) is 0 Å². The van der Waals surface area contributed by atoms with Gasteiger partial charge in [0.15, 0.2) is 0 Å². The first-order valence-corrected chi connectivity index (χ1v) is 9.15. The Morgan fingerprint density at radius 3 is 2.14 bits per heavy atom. The van der Waals surface area contributed by atoms with Crippen molar-refractivity contribution in [3.63, 3.8) is 0 Å². The van der Waals surface area contributed by atoms with E-state index in [9.17, 15) is 9.59 Å². The van der Waals surface area contributed by atoms with Gasteiger partial charge in [-0.25, -0.2) is 0 Å². The van der Waals surface area contributed by atoms with Crippen molar-refractivity contribution in [3.05, 3.63) is 88.9 Å². The van der Waals surface area contributed by atoms with E-state index in [1.54, 1.807) is 66.7 Å². The largest absolute Gasteiger partial charge is 0.494 e. The van der Waals surface area contributed by atoms with Crippen molar-refractivity contribution in [1.29, 1.82) is 0 Å². The zero-order valence-electron chi connectivity index (χ0n) is 15.2. The van der Waals surface area contributed by atoms with Gasteiger partial charge in [-0.2, -0.15) is 0 Å². The molecule has 2 N–H and O–H groups in total. The highest BCUT2D eigenvalue weighted by molar-refractivity contribution is 6.33. The average molecular weight is 395 g/mol. The van der Waals surface area contributed by atoms with Crippen LogP contribution in [0.25, 0.3) is 0 Å². The summed E-state index contributed by atoms with van der Waals surface area (Å²) in [5, 5.41) is 5.99. The van der Waals surface area contributed by atoms with Gasteiger partial charge in [-0.05, 0) is 61.5 Å². The molecule has 0 heterocycles. The van der Waals surface area contributed by atoms with Crippen LogP contribution in [-0.4, -0.2) is 18.4 Å². The SMILES string of the molecule is CCOc1ccc(NC(=O)c2cccc(C(=O)Nc3ccccc3Cl)c2)cc1. The molecule has 0 bridgehead atoms. The Kier molecular flexibility index (Phi) is 6.29. The molecule has 6 heteroatoms. The second-order valence-corrected chi connectivity index (χ2v) is 6.33. The van der Waals surface area contributed by atoms with Gasteiger partial charge in [-0.3, -0.25) is 9.59 Å². The van der Waals surface area contributed by atoms with E-state index in [1.165, 1.54) is 6.07 Å². The molecule has 2 amide bonds. The van der Waals surface area contributed by atoms with E-state index in [2.05, 4.69) is 10.6 Å². The number of para-hydroxylation sites is 1. The van der Waals surface area contributed by atoms with Crippen molar-refractivity contribution in [2.75, 3.05) is 17.2 Å². The van der Waals surface area contributed by atoms with Crippen molar-refractivity contribution in [2.24, 2.45) is 0 Å². The molecule has 0 atom stereocenters. The summed E-state index contributed by atoms with van der Waals surface area (Å²) in [6, 6.07) is 20.5. The zero-order valence-corrected chi connectivity index (χ0v) is 16.0. The number of carbonyl (C=O) groups is 2. The lowest BCUT2D eigenvalue weighted by molar-refractivity contribution is 0.102. The standard InChI is InChI=1S/C22H19ClN2O3/c1-2-28-18-12-10-17(11-13-18)24-21(26)15-6-5-7-16(14-15)22(27)25-20-9-4-3-8-19(20)23/h3-14H,2H2,1H3,(H,24,26)(H,25,27). The van der Waals surface area contributed by atoms with Crippen LogP contribution in [0, 0.1) is 0 Å². The highest BCUT2D eigenvalue weighted by Gasteiger charge is 2.12. The quantitative estimate of drug-likeness (QED) is 0.600. The first-order valence-electron chi connectivity index (χ1n) is 8.77. The summed E-state index contributed by atoms with van der Waals surface area (Å²) in [6.45, 7) is 2.49. The van der Waals surface area contributed by atoms with E-state index >= 15 is 0 Å². The Labute approximate surface area is 168 Å². The third-order valence-corrected chi connectivity index (χ3v) is 4.26. The molecule has 0 radical (unpaired) electrons. The molecule has 0 spiro atoms. The van der Waals surface area contributed by atoms with E-state index < -0.39 is 0 Å². The minimum Gasteiger partial charge on any atom is -0.494 e. The fourth-order valence-electron chi connectivity index (χ4n) is 2.56. The van der Waals surface area contributed by atoms with Gasteiger partial charge in [0.2, 0.25) is 0 Å². The minimum atomic E-state index is -0.344. The van der Waals surface area contributed by atoms with Crippen LogP contribution in [-0.2, 0) is 0 Å². The van der Waals surface area contributed by atoms with Crippen molar-refractivity contribution in [2.45, 2.75) is 6.92 Å². The molecule has 0 aromatic heterocycles. The number of rotatable bonds is 6. The lowest BCUT2D eigenvalue weighted by Gasteiger charge is -2.09. The van der Waals surface area contributed by atoms with Gasteiger partial charge in [0.25, 0.3) is 11.8 Å². The number of amides is 2. The normalized spacial score (nSPS) is 10.2. The van der Waals surface area contributed by atoms with Crippen molar-refractivity contribution in [1.82, 2.24) is 0 Å². The molecule has 5 nitrogen and oxygen atoms in total. The number of anilines is 2. The van der Waals surface area contributed by atoms with Crippen LogP contribution < -0.4 is 15.4 Å². The molecule has 0 saturated carbocycles. The first-order chi connectivity index (χ1) is 13.6. The molecule has 3 aromatic carbocycles. The predicted octanol–water partition coefficient (Wildman–Crippen LogP) is 5.24. The summed E-state index contributed by atoms with van der Waals surface area (Å²) >= 11 is 6.07. The Morgan fingerprint density at radius 2 is 1.50 bits per heavy atom. The Bertz CT molecular complexity index is 987. The Balaban J connectivity index is 1.70. The fourth-order valence-corrected chi connectivity index (χ4v) is 2.75. The molecular formula is C22H19ClN2O3. The van der Waals surface area contributed by atoms with Gasteiger partial charge in [0.05, 0.1) is 17.3 Å². The number of halogens is 1. The summed E-state index contributed by atoms with van der Waals surface area (Å²) in [4.78, 5) is 25.0. The van der Waals surface area contributed by atoms with Crippen LogP contribution in [0.2, 0.25) is 5.02 Å². The molecule has 3 rings (SSSR count). The number of benzene rings is 3. The summed E-state index contributed by atoms with van der Waals surface area (Å²) in [5.41, 5.74) is 1.89. The molecule has 0 aliphatic rings. The highest BCUT2D eigenvalue weighted by atomic mass is 35.5. The third kappa shape index (κ3) is 4.90. The highest BCUT2D eigenvalue weighted by Crippen LogP contribution is 2.21. The summed E-state index contributed by atoms with van der Waals surface area (Å²) in [7, 11) is 0. The lowest BCUT2D eigenvalue weighted by Crippen LogP contribution is -2.15. The number of carbonyl (C=O) groups excluding carboxylic acids is 2. The summed E-state index contributed by atoms with van der Waals surface area (Å²) in [6.07, 6.45) is 0. The number of hydrogen-bond acceptors (Lipinski definition) is 3. The van der Waals surface area contributed by atoms with Gasteiger partial charge >= 0.3 is 0 Å². The second kappa shape index (κ2) is 9.06. The van der Waals surface area contributed by atoms with Gasteiger partial charge < -0.3 is 15.4 Å². The van der Waals surface area contributed by atoms with Crippen LogP contribution in [0.5, 0.6) is 5.75 Å². The Hall–Kier alpha value is -3.31. The van der Waals surface area contributed by atoms with Crippen LogP contribution in [0.1, 0.15) is 27.6 Å². The molecule has 0 saturated heterocycles. The van der Waals surface area contributed by atoms with E-state index in [4.69, 9.17) is 16.3 Å². The van der Waals surface area contributed by atoms with Gasteiger partial charge in [-0.15, -0.1) is 0 Å². The molecule has 0 unspecified atom stereocenters. The second-order valence-electron chi connectivity index (χ2n) is 5.93. The maximum atomic E-state index is 12.5. The first kappa shape index (κ1) is 19.5. The monoisotopic (exact) mass is 394 g/mol. The molecule has 3 aromatic rings. The van der Waals surface area contributed by atoms with Crippen LogP contribution in [0.15, 0.2) is 72.8 Å². The van der Waals surface area contributed by atoms with Crippen molar-refractivity contribution >= 4 is 34.8 Å². The number of hydrogen-bond donors (Lipinski definition) is 2. The maximum Gasteiger partial charge on any atom is 0.255 e. The van der Waals surface area contributed by atoms with E-state index in [-0.39, 0.29) is 11.8 Å². The van der Waals surface area contributed by atoms with Crippen LogP contribution in [0.4, 0.5) is 11.4 Å². The summed E-state index contributed by atoms with van der Waals surface area (Å²) < 4.78 is 5.38.